The number of carbonyl (C=O) groups is 1. The summed E-state index contributed by atoms with van der Waals surface area (Å²) in [5.41, 5.74) is 2.50. The molecule has 0 aromatic heterocycles. The average molecular weight is 258 g/mol. The van der Waals surface area contributed by atoms with Gasteiger partial charge in [-0.25, -0.2) is 0 Å². The number of benzene rings is 1. The lowest BCUT2D eigenvalue weighted by atomic mass is 9.93. The molecule has 2 aliphatic rings. The molecular weight excluding hydrogens is 236 g/mol. The third-order valence-corrected chi connectivity index (χ3v) is 4.53. The van der Waals surface area contributed by atoms with E-state index in [1.807, 2.05) is 11.0 Å². The Labute approximate surface area is 115 Å². The first-order valence-electron chi connectivity index (χ1n) is 7.39. The summed E-state index contributed by atoms with van der Waals surface area (Å²) in [7, 11) is 0. The number of fused-ring (bicyclic) bond motifs is 1. The van der Waals surface area contributed by atoms with Gasteiger partial charge in [0.1, 0.15) is 6.04 Å². The number of hydrogen-bond donors (Lipinski definition) is 1. The van der Waals surface area contributed by atoms with Crippen LogP contribution >= 0.6 is 0 Å². The van der Waals surface area contributed by atoms with E-state index in [9.17, 15) is 4.79 Å². The van der Waals surface area contributed by atoms with E-state index in [1.165, 1.54) is 17.5 Å². The minimum Gasteiger partial charge on any atom is -0.341 e. The largest absolute Gasteiger partial charge is 0.341 e. The van der Waals surface area contributed by atoms with Crippen LogP contribution in [0.25, 0.3) is 0 Å². The molecule has 3 nitrogen and oxygen atoms in total. The summed E-state index contributed by atoms with van der Waals surface area (Å²) in [5.74, 6) is 0.964. The summed E-state index contributed by atoms with van der Waals surface area (Å²) in [6.07, 6.45) is 3.37. The quantitative estimate of drug-likeness (QED) is 0.881. The topological polar surface area (TPSA) is 32.3 Å². The van der Waals surface area contributed by atoms with Gasteiger partial charge in [-0.2, -0.15) is 0 Å². The first-order valence-corrected chi connectivity index (χ1v) is 7.39. The maximum atomic E-state index is 12.7. The predicted molar refractivity (Wildman–Crippen MR) is 75.9 cm³/mol. The summed E-state index contributed by atoms with van der Waals surface area (Å²) in [6, 6.07) is 8.22. The molecule has 0 saturated carbocycles. The van der Waals surface area contributed by atoms with Crippen LogP contribution in [0, 0.1) is 5.92 Å². The van der Waals surface area contributed by atoms with Gasteiger partial charge >= 0.3 is 0 Å². The highest BCUT2D eigenvalue weighted by Gasteiger charge is 2.33. The van der Waals surface area contributed by atoms with Crippen molar-refractivity contribution >= 4 is 5.91 Å². The second kappa shape index (κ2) is 5.33. The van der Waals surface area contributed by atoms with Crippen LogP contribution in [0.2, 0.25) is 0 Å². The summed E-state index contributed by atoms with van der Waals surface area (Å²) >= 11 is 0. The van der Waals surface area contributed by atoms with Gasteiger partial charge in [-0.15, -0.1) is 0 Å². The van der Waals surface area contributed by atoms with E-state index in [1.54, 1.807) is 0 Å². The summed E-state index contributed by atoms with van der Waals surface area (Å²) < 4.78 is 0. The van der Waals surface area contributed by atoms with E-state index in [0.29, 0.717) is 5.92 Å². The van der Waals surface area contributed by atoms with Crippen molar-refractivity contribution in [3.05, 3.63) is 35.4 Å². The number of hydrogen-bond acceptors (Lipinski definition) is 2. The molecule has 1 N–H and O–H groups in total. The number of likely N-dealkylation sites (tertiary alicyclic amines) is 1. The Morgan fingerprint density at radius 1 is 1.42 bits per heavy atom. The Kier molecular flexibility index (Phi) is 3.56. The van der Waals surface area contributed by atoms with Crippen molar-refractivity contribution in [2.75, 3.05) is 19.6 Å². The molecule has 0 spiro atoms. The van der Waals surface area contributed by atoms with E-state index in [4.69, 9.17) is 0 Å². The molecule has 1 amide bonds. The number of carbonyl (C=O) groups excluding carboxylic acids is 1. The van der Waals surface area contributed by atoms with E-state index >= 15 is 0 Å². The van der Waals surface area contributed by atoms with E-state index in [-0.39, 0.29) is 11.9 Å². The molecule has 102 valence electrons. The van der Waals surface area contributed by atoms with Crippen LogP contribution in [0.15, 0.2) is 24.3 Å². The van der Waals surface area contributed by atoms with E-state index in [2.05, 4.69) is 30.4 Å². The van der Waals surface area contributed by atoms with Crippen LogP contribution in [0.1, 0.15) is 36.9 Å². The Morgan fingerprint density at radius 2 is 2.26 bits per heavy atom. The molecule has 0 aliphatic carbocycles. The molecule has 3 rings (SSSR count). The molecular formula is C16H22N2O. The second-order valence-electron chi connectivity index (χ2n) is 5.68. The van der Waals surface area contributed by atoms with Gasteiger partial charge < -0.3 is 10.2 Å². The van der Waals surface area contributed by atoms with Crippen LogP contribution in [-0.4, -0.2) is 30.4 Å². The fourth-order valence-electron chi connectivity index (χ4n) is 3.27. The molecule has 1 fully saturated rings. The Balaban J connectivity index is 1.78. The monoisotopic (exact) mass is 258 g/mol. The van der Waals surface area contributed by atoms with Crippen molar-refractivity contribution < 1.29 is 4.79 Å². The lowest BCUT2D eigenvalue weighted by Crippen LogP contribution is -2.43. The standard InChI is InChI=1S/C16H22N2O/c1-2-12-8-10-18(11-12)16(19)15-14-6-4-3-5-13(14)7-9-17-15/h3-6,12,15,17H,2,7-11H2,1H3. The van der Waals surface area contributed by atoms with Crippen molar-refractivity contribution in [1.29, 1.82) is 0 Å². The molecule has 0 bridgehead atoms. The lowest BCUT2D eigenvalue weighted by molar-refractivity contribution is -0.132. The van der Waals surface area contributed by atoms with Crippen LogP contribution in [0.3, 0.4) is 0 Å². The van der Waals surface area contributed by atoms with Crippen molar-refractivity contribution in [1.82, 2.24) is 10.2 Å². The maximum Gasteiger partial charge on any atom is 0.244 e. The highest BCUT2D eigenvalue weighted by atomic mass is 16.2. The van der Waals surface area contributed by atoms with Crippen molar-refractivity contribution in [2.24, 2.45) is 5.92 Å². The molecule has 1 aromatic carbocycles. The average Bonchev–Trinajstić information content (AvgIpc) is 2.95. The van der Waals surface area contributed by atoms with Crippen LogP contribution < -0.4 is 5.32 Å². The number of nitrogens with one attached hydrogen (secondary N) is 1. The normalized spacial score (nSPS) is 26.3. The van der Waals surface area contributed by atoms with E-state index in [0.717, 1.165) is 32.5 Å². The molecule has 19 heavy (non-hydrogen) atoms. The molecule has 1 saturated heterocycles. The number of amides is 1. The molecule has 3 heteroatoms. The Bertz CT molecular complexity index is 472. The van der Waals surface area contributed by atoms with Gasteiger partial charge in [-0.3, -0.25) is 4.79 Å². The van der Waals surface area contributed by atoms with Gasteiger partial charge in [-0.05, 0) is 29.9 Å². The van der Waals surface area contributed by atoms with Gasteiger partial charge in [-0.1, -0.05) is 37.6 Å². The fourth-order valence-corrected chi connectivity index (χ4v) is 3.27. The molecule has 2 heterocycles. The molecule has 2 aliphatic heterocycles. The smallest absolute Gasteiger partial charge is 0.244 e. The lowest BCUT2D eigenvalue weighted by Gasteiger charge is -2.29. The van der Waals surface area contributed by atoms with Gasteiger partial charge in [0.2, 0.25) is 5.91 Å². The predicted octanol–water partition coefficient (Wildman–Crippen LogP) is 2.13. The minimum atomic E-state index is -0.124. The van der Waals surface area contributed by atoms with Gasteiger partial charge in [0.05, 0.1) is 0 Å². The zero-order valence-corrected chi connectivity index (χ0v) is 11.6. The third-order valence-electron chi connectivity index (χ3n) is 4.53. The zero-order chi connectivity index (χ0) is 13.2. The highest BCUT2D eigenvalue weighted by molar-refractivity contribution is 5.84. The maximum absolute atomic E-state index is 12.7. The molecule has 2 atom stereocenters. The number of nitrogens with zero attached hydrogens (tertiary/aromatic N) is 1. The zero-order valence-electron chi connectivity index (χ0n) is 11.6. The highest BCUT2D eigenvalue weighted by Crippen LogP contribution is 2.27. The first kappa shape index (κ1) is 12.7. The van der Waals surface area contributed by atoms with Gasteiger partial charge in [0.25, 0.3) is 0 Å². The Morgan fingerprint density at radius 3 is 3.05 bits per heavy atom. The summed E-state index contributed by atoms with van der Waals surface area (Å²) in [5, 5.41) is 3.39. The second-order valence-corrected chi connectivity index (χ2v) is 5.68. The van der Waals surface area contributed by atoms with Crippen molar-refractivity contribution in [3.8, 4) is 0 Å². The fraction of sp³-hybridized carbons (Fsp3) is 0.562. The third kappa shape index (κ3) is 2.39. The first-order chi connectivity index (χ1) is 9.29. The van der Waals surface area contributed by atoms with Crippen LogP contribution in [0.5, 0.6) is 0 Å². The molecule has 0 radical (unpaired) electrons. The summed E-state index contributed by atoms with van der Waals surface area (Å²) in [6.45, 7) is 4.98. The van der Waals surface area contributed by atoms with E-state index < -0.39 is 0 Å². The minimum absolute atomic E-state index is 0.124. The SMILES string of the molecule is CCC1CCN(C(=O)C2NCCc3ccccc32)C1. The molecule has 1 aromatic rings. The molecule has 2 unspecified atom stereocenters. The van der Waals surface area contributed by atoms with Crippen LogP contribution in [0.4, 0.5) is 0 Å². The van der Waals surface area contributed by atoms with Crippen molar-refractivity contribution in [2.45, 2.75) is 32.2 Å². The summed E-state index contributed by atoms with van der Waals surface area (Å²) in [4.78, 5) is 14.7. The Hall–Kier alpha value is -1.35. The van der Waals surface area contributed by atoms with Gasteiger partial charge in [0, 0.05) is 19.6 Å². The van der Waals surface area contributed by atoms with Crippen LogP contribution in [-0.2, 0) is 11.2 Å². The number of rotatable bonds is 2. The van der Waals surface area contributed by atoms with Crippen molar-refractivity contribution in [3.63, 3.8) is 0 Å². The van der Waals surface area contributed by atoms with Gasteiger partial charge in [0.15, 0.2) is 0 Å².